The molecule has 1 aliphatic rings. The molecule has 1 aliphatic heterocycles. The van der Waals surface area contributed by atoms with Gasteiger partial charge in [0.15, 0.2) is 0 Å². The molecule has 1 fully saturated rings. The van der Waals surface area contributed by atoms with E-state index in [0.29, 0.717) is 18.0 Å². The zero-order valence-corrected chi connectivity index (χ0v) is 16.6. The molecule has 0 aromatic heterocycles. The van der Waals surface area contributed by atoms with Crippen LogP contribution >= 0.6 is 11.8 Å². The van der Waals surface area contributed by atoms with Crippen LogP contribution in [0.25, 0.3) is 0 Å². The van der Waals surface area contributed by atoms with Gasteiger partial charge in [0.25, 0.3) is 0 Å². The average molecular weight is 373 g/mol. The zero-order chi connectivity index (χ0) is 17.7. The third-order valence-electron chi connectivity index (χ3n) is 4.01. The van der Waals surface area contributed by atoms with Crippen LogP contribution in [0.2, 0.25) is 0 Å². The zero-order valence-electron chi connectivity index (χ0n) is 15.0. The van der Waals surface area contributed by atoms with Gasteiger partial charge < -0.3 is 9.64 Å². The van der Waals surface area contributed by atoms with Gasteiger partial charge in [-0.05, 0) is 63.9 Å². The SMILES string of the molecule is CCOc1ccc(S(=O)(=O)N2CCCSC[C@H]2CN(C)C)cc1C. The van der Waals surface area contributed by atoms with Crippen molar-refractivity contribution >= 4 is 21.8 Å². The van der Waals surface area contributed by atoms with Crippen LogP contribution in [0.5, 0.6) is 5.75 Å². The van der Waals surface area contributed by atoms with Crippen LogP contribution in [-0.2, 0) is 10.0 Å². The van der Waals surface area contributed by atoms with Crippen LogP contribution in [0.15, 0.2) is 23.1 Å². The second kappa shape index (κ2) is 8.56. The van der Waals surface area contributed by atoms with Crippen molar-refractivity contribution in [1.82, 2.24) is 9.21 Å². The van der Waals surface area contributed by atoms with Gasteiger partial charge in [-0.2, -0.15) is 16.1 Å². The Hall–Kier alpha value is -0.760. The van der Waals surface area contributed by atoms with E-state index in [1.165, 1.54) is 0 Å². The molecule has 7 heteroatoms. The van der Waals surface area contributed by atoms with Crippen molar-refractivity contribution in [1.29, 1.82) is 0 Å². The largest absolute Gasteiger partial charge is 0.494 e. The summed E-state index contributed by atoms with van der Waals surface area (Å²) in [4.78, 5) is 2.42. The molecule has 136 valence electrons. The molecule has 5 nitrogen and oxygen atoms in total. The Bertz CT molecular complexity index is 647. The Balaban J connectivity index is 2.33. The second-order valence-corrected chi connectivity index (χ2v) is 9.36. The Morgan fingerprint density at radius 2 is 2.12 bits per heavy atom. The predicted molar refractivity (Wildman–Crippen MR) is 101 cm³/mol. The third kappa shape index (κ3) is 4.65. The minimum atomic E-state index is -3.50. The van der Waals surface area contributed by atoms with Crippen molar-refractivity contribution in [2.75, 3.05) is 45.3 Å². The Morgan fingerprint density at radius 3 is 2.75 bits per heavy atom. The summed E-state index contributed by atoms with van der Waals surface area (Å²) in [6.07, 6.45) is 0.893. The van der Waals surface area contributed by atoms with E-state index in [0.717, 1.165) is 35.8 Å². The number of nitrogens with zero attached hydrogens (tertiary/aromatic N) is 2. The number of likely N-dealkylation sites (N-methyl/N-ethyl adjacent to an activating group) is 1. The molecular formula is C17H28N2O3S2. The number of sulfonamides is 1. The highest BCUT2D eigenvalue weighted by Gasteiger charge is 2.33. The van der Waals surface area contributed by atoms with Crippen LogP contribution in [0.1, 0.15) is 18.9 Å². The van der Waals surface area contributed by atoms with Crippen LogP contribution in [0.4, 0.5) is 0 Å². The summed E-state index contributed by atoms with van der Waals surface area (Å²) in [7, 11) is 0.478. The molecule has 1 aromatic carbocycles. The Labute approximate surface area is 150 Å². The van der Waals surface area contributed by atoms with Gasteiger partial charge in [0.2, 0.25) is 10.0 Å². The molecule has 0 aliphatic carbocycles. The molecule has 1 heterocycles. The van der Waals surface area contributed by atoms with Crippen LogP contribution < -0.4 is 4.74 Å². The smallest absolute Gasteiger partial charge is 0.243 e. The van der Waals surface area contributed by atoms with Gasteiger partial charge in [-0.25, -0.2) is 8.42 Å². The predicted octanol–water partition coefficient (Wildman–Crippen LogP) is 2.45. The number of rotatable bonds is 6. The fraction of sp³-hybridized carbons (Fsp3) is 0.647. The van der Waals surface area contributed by atoms with E-state index >= 15 is 0 Å². The van der Waals surface area contributed by atoms with Gasteiger partial charge in [0, 0.05) is 24.9 Å². The number of ether oxygens (including phenoxy) is 1. The normalized spacial score (nSPS) is 20.1. The summed E-state index contributed by atoms with van der Waals surface area (Å²) in [6, 6.07) is 5.16. The number of thioether (sulfide) groups is 1. The Morgan fingerprint density at radius 1 is 1.38 bits per heavy atom. The van der Waals surface area contributed by atoms with Crippen molar-refractivity contribution in [3.63, 3.8) is 0 Å². The van der Waals surface area contributed by atoms with E-state index in [1.54, 1.807) is 22.5 Å². The van der Waals surface area contributed by atoms with Crippen molar-refractivity contribution in [2.24, 2.45) is 0 Å². The molecule has 0 radical (unpaired) electrons. The summed E-state index contributed by atoms with van der Waals surface area (Å²) in [6.45, 7) is 5.70. The molecule has 1 atom stereocenters. The number of hydrogen-bond acceptors (Lipinski definition) is 5. The minimum absolute atomic E-state index is 0.00405. The monoisotopic (exact) mass is 372 g/mol. The van der Waals surface area contributed by atoms with E-state index in [9.17, 15) is 8.42 Å². The fourth-order valence-corrected chi connectivity index (χ4v) is 5.82. The fourth-order valence-electron chi connectivity index (χ4n) is 2.92. The lowest BCUT2D eigenvalue weighted by Crippen LogP contribution is -2.46. The van der Waals surface area contributed by atoms with Crippen LogP contribution in [-0.4, -0.2) is 69.0 Å². The second-order valence-electron chi connectivity index (χ2n) is 6.32. The average Bonchev–Trinajstić information content (AvgIpc) is 2.74. The van der Waals surface area contributed by atoms with Gasteiger partial charge in [0.05, 0.1) is 11.5 Å². The number of aryl methyl sites for hydroxylation is 1. The minimum Gasteiger partial charge on any atom is -0.494 e. The van der Waals surface area contributed by atoms with Crippen LogP contribution in [0.3, 0.4) is 0 Å². The molecule has 2 rings (SSSR count). The lowest BCUT2D eigenvalue weighted by molar-refractivity contribution is 0.271. The van der Waals surface area contributed by atoms with E-state index in [2.05, 4.69) is 4.90 Å². The van der Waals surface area contributed by atoms with Crippen molar-refractivity contribution in [3.8, 4) is 5.75 Å². The van der Waals surface area contributed by atoms with E-state index in [-0.39, 0.29) is 6.04 Å². The molecule has 0 N–H and O–H groups in total. The molecule has 0 spiro atoms. The molecule has 0 saturated carbocycles. The van der Waals surface area contributed by atoms with Crippen molar-refractivity contribution in [3.05, 3.63) is 23.8 Å². The van der Waals surface area contributed by atoms with E-state index in [4.69, 9.17) is 4.74 Å². The molecule has 1 saturated heterocycles. The highest BCUT2D eigenvalue weighted by atomic mass is 32.2. The topological polar surface area (TPSA) is 49.9 Å². The van der Waals surface area contributed by atoms with Gasteiger partial charge in [-0.3, -0.25) is 0 Å². The van der Waals surface area contributed by atoms with Crippen molar-refractivity contribution < 1.29 is 13.2 Å². The van der Waals surface area contributed by atoms with Gasteiger partial charge >= 0.3 is 0 Å². The summed E-state index contributed by atoms with van der Waals surface area (Å²) in [5.41, 5.74) is 0.853. The maximum Gasteiger partial charge on any atom is 0.243 e. The highest BCUT2D eigenvalue weighted by molar-refractivity contribution is 7.99. The lowest BCUT2D eigenvalue weighted by atomic mass is 10.2. The van der Waals surface area contributed by atoms with E-state index < -0.39 is 10.0 Å². The molecule has 1 aromatic rings. The molecule has 0 amide bonds. The molecule has 0 unspecified atom stereocenters. The third-order valence-corrected chi connectivity index (χ3v) is 7.16. The number of hydrogen-bond donors (Lipinski definition) is 0. The standard InChI is InChI=1S/C17H28N2O3S2/c1-5-22-17-8-7-16(11-14(17)2)24(20,21)19-9-6-10-23-13-15(19)12-18(3)4/h7-8,11,15H,5-6,9-10,12-13H2,1-4H3/t15-/m1/s1. The first kappa shape index (κ1) is 19.6. The van der Waals surface area contributed by atoms with Gasteiger partial charge in [-0.1, -0.05) is 0 Å². The lowest BCUT2D eigenvalue weighted by Gasteiger charge is -2.31. The van der Waals surface area contributed by atoms with Gasteiger partial charge in [0.1, 0.15) is 5.75 Å². The Kier molecular flexibility index (Phi) is 6.98. The summed E-state index contributed by atoms with van der Waals surface area (Å²) < 4.78 is 33.6. The van der Waals surface area contributed by atoms with Crippen molar-refractivity contribution in [2.45, 2.75) is 31.2 Å². The highest BCUT2D eigenvalue weighted by Crippen LogP contribution is 2.28. The first-order chi connectivity index (χ1) is 11.4. The van der Waals surface area contributed by atoms with Gasteiger partial charge in [-0.15, -0.1) is 0 Å². The first-order valence-corrected chi connectivity index (χ1v) is 10.9. The maximum atomic E-state index is 13.2. The van der Waals surface area contributed by atoms with Crippen LogP contribution in [0, 0.1) is 6.92 Å². The molecule has 0 bridgehead atoms. The summed E-state index contributed by atoms with van der Waals surface area (Å²) >= 11 is 1.84. The maximum absolute atomic E-state index is 13.2. The summed E-state index contributed by atoms with van der Waals surface area (Å²) in [5, 5.41) is 0. The van der Waals surface area contributed by atoms with E-state index in [1.807, 2.05) is 39.7 Å². The molecular weight excluding hydrogens is 344 g/mol. The summed E-state index contributed by atoms with van der Waals surface area (Å²) in [5.74, 6) is 2.60. The number of benzene rings is 1. The quantitative estimate of drug-likeness (QED) is 0.768. The first-order valence-electron chi connectivity index (χ1n) is 8.34. The molecule has 24 heavy (non-hydrogen) atoms.